The number of halogens is 1. The molecule has 4 aliphatic heterocycles. The molecule has 9 rings (SSSR count). The molecule has 0 bridgehead atoms. The molecule has 312 valence electrons. The van der Waals surface area contributed by atoms with Crippen molar-refractivity contribution in [1.82, 2.24) is 34.6 Å². The predicted molar refractivity (Wildman–Crippen MR) is 247 cm³/mol. The number of ether oxygens (including phenoxy) is 1. The second kappa shape index (κ2) is 19.7. The SMILES string of the molecule is CC(C)c1csc2ncnc(N3CCC(COCCN4CCCC4)CC3)c12.CN1CCC(N(C)CC2CCN(c3ncnc4sc(Br)c(-c5ccccc5)c34)CC2)C1. The van der Waals surface area contributed by atoms with Crippen molar-refractivity contribution >= 4 is 70.7 Å². The van der Waals surface area contributed by atoms with Crippen LogP contribution < -0.4 is 9.80 Å². The molecule has 0 N–H and O–H groups in total. The van der Waals surface area contributed by atoms with Crippen LogP contribution in [-0.2, 0) is 4.74 Å². The van der Waals surface area contributed by atoms with Crippen molar-refractivity contribution in [1.29, 1.82) is 0 Å². The summed E-state index contributed by atoms with van der Waals surface area (Å²) in [6.07, 6.45) is 12.3. The zero-order valence-electron chi connectivity index (χ0n) is 35.0. The first-order valence-corrected chi connectivity index (χ1v) is 24.2. The number of likely N-dealkylation sites (tertiary alicyclic amines) is 2. The van der Waals surface area contributed by atoms with Crippen molar-refractivity contribution in [3.05, 3.63) is 57.7 Å². The number of likely N-dealkylation sites (N-methyl/N-ethyl adjacent to an activating group) is 2. The van der Waals surface area contributed by atoms with Crippen LogP contribution in [0.1, 0.15) is 70.3 Å². The van der Waals surface area contributed by atoms with Crippen molar-refractivity contribution in [2.75, 3.05) is 103 Å². The number of benzene rings is 1. The molecule has 1 unspecified atom stereocenters. The Hall–Kier alpha value is -2.78. The summed E-state index contributed by atoms with van der Waals surface area (Å²) in [5, 5.41) is 4.72. The first kappa shape index (κ1) is 41.9. The molecular formula is C45H62BrN9OS2. The third-order valence-electron chi connectivity index (χ3n) is 13.0. The van der Waals surface area contributed by atoms with E-state index in [9.17, 15) is 0 Å². The van der Waals surface area contributed by atoms with E-state index in [2.05, 4.69) is 119 Å². The fourth-order valence-electron chi connectivity index (χ4n) is 9.46. The normalized spacial score (nSPS) is 20.3. The first-order chi connectivity index (χ1) is 28.3. The zero-order valence-corrected chi connectivity index (χ0v) is 38.2. The summed E-state index contributed by atoms with van der Waals surface area (Å²) < 4.78 is 7.13. The topological polar surface area (TPSA) is 77.0 Å². The van der Waals surface area contributed by atoms with E-state index in [4.69, 9.17) is 9.72 Å². The highest BCUT2D eigenvalue weighted by Crippen LogP contribution is 2.45. The summed E-state index contributed by atoms with van der Waals surface area (Å²) in [5.74, 6) is 4.19. The molecule has 13 heteroatoms. The van der Waals surface area contributed by atoms with Gasteiger partial charge in [0.2, 0.25) is 0 Å². The monoisotopic (exact) mass is 887 g/mol. The van der Waals surface area contributed by atoms with E-state index in [1.807, 2.05) is 0 Å². The van der Waals surface area contributed by atoms with E-state index in [0.29, 0.717) is 11.8 Å². The zero-order chi connectivity index (χ0) is 40.0. The van der Waals surface area contributed by atoms with Crippen LogP contribution in [0.5, 0.6) is 0 Å². The summed E-state index contributed by atoms with van der Waals surface area (Å²) in [5.41, 5.74) is 3.83. The Kier molecular flexibility index (Phi) is 14.3. The third-order valence-corrected chi connectivity index (χ3v) is 15.6. The van der Waals surface area contributed by atoms with Crippen LogP contribution in [0.4, 0.5) is 11.6 Å². The predicted octanol–water partition coefficient (Wildman–Crippen LogP) is 9.12. The van der Waals surface area contributed by atoms with E-state index < -0.39 is 0 Å². The fraction of sp³-hybridized carbons (Fsp3) is 0.600. The van der Waals surface area contributed by atoms with Gasteiger partial charge in [-0.25, -0.2) is 19.9 Å². The summed E-state index contributed by atoms with van der Waals surface area (Å²) in [6, 6.07) is 11.3. The summed E-state index contributed by atoms with van der Waals surface area (Å²) in [7, 11) is 4.56. The highest BCUT2D eigenvalue weighted by Gasteiger charge is 2.29. The number of thiophene rings is 2. The van der Waals surface area contributed by atoms with Gasteiger partial charge >= 0.3 is 0 Å². The van der Waals surface area contributed by atoms with Gasteiger partial charge < -0.3 is 29.2 Å². The Balaban J connectivity index is 0.000000164. The summed E-state index contributed by atoms with van der Waals surface area (Å²) in [4.78, 5) is 33.2. The van der Waals surface area contributed by atoms with Crippen molar-refractivity contribution in [2.24, 2.45) is 11.8 Å². The molecule has 4 fully saturated rings. The maximum atomic E-state index is 6.00. The maximum absolute atomic E-state index is 6.00. The van der Waals surface area contributed by atoms with Gasteiger partial charge in [-0.2, -0.15) is 0 Å². The quantitative estimate of drug-likeness (QED) is 0.113. The van der Waals surface area contributed by atoms with E-state index in [1.54, 1.807) is 35.3 Å². The lowest BCUT2D eigenvalue weighted by atomic mass is 9.95. The lowest BCUT2D eigenvalue weighted by Gasteiger charge is -2.36. The Bertz CT molecular complexity index is 2060. The average Bonchev–Trinajstić information content (AvgIpc) is 4.07. The molecule has 4 aliphatic rings. The largest absolute Gasteiger partial charge is 0.380 e. The Labute approximate surface area is 362 Å². The van der Waals surface area contributed by atoms with Gasteiger partial charge in [0.1, 0.15) is 34.0 Å². The molecule has 4 aromatic heterocycles. The van der Waals surface area contributed by atoms with Crippen LogP contribution in [0, 0.1) is 11.8 Å². The molecule has 1 aromatic carbocycles. The first-order valence-electron chi connectivity index (χ1n) is 21.7. The van der Waals surface area contributed by atoms with Crippen molar-refractivity contribution in [3.8, 4) is 11.1 Å². The number of nitrogens with zero attached hydrogens (tertiary/aromatic N) is 9. The van der Waals surface area contributed by atoms with E-state index in [1.165, 1.54) is 105 Å². The minimum absolute atomic E-state index is 0.505. The molecule has 0 saturated carbocycles. The number of hydrogen-bond acceptors (Lipinski definition) is 12. The molecule has 8 heterocycles. The van der Waals surface area contributed by atoms with Crippen LogP contribution in [0.25, 0.3) is 31.6 Å². The molecule has 4 saturated heterocycles. The minimum atomic E-state index is 0.505. The van der Waals surface area contributed by atoms with Gasteiger partial charge in [0.05, 0.1) is 21.2 Å². The van der Waals surface area contributed by atoms with Crippen molar-refractivity contribution in [2.45, 2.75) is 70.8 Å². The number of fused-ring (bicyclic) bond motifs is 2. The highest BCUT2D eigenvalue weighted by atomic mass is 79.9. The van der Waals surface area contributed by atoms with Crippen LogP contribution in [0.3, 0.4) is 0 Å². The molecule has 0 amide bonds. The van der Waals surface area contributed by atoms with Gasteiger partial charge in [-0.05, 0) is 129 Å². The number of aromatic nitrogens is 4. The molecule has 10 nitrogen and oxygen atoms in total. The van der Waals surface area contributed by atoms with E-state index >= 15 is 0 Å². The molecule has 58 heavy (non-hydrogen) atoms. The van der Waals surface area contributed by atoms with Gasteiger partial charge in [-0.3, -0.25) is 0 Å². The number of rotatable bonds is 12. The lowest BCUT2D eigenvalue weighted by Crippen LogP contribution is -2.42. The van der Waals surface area contributed by atoms with Gasteiger partial charge in [-0.15, -0.1) is 22.7 Å². The molecular weight excluding hydrogens is 827 g/mol. The lowest BCUT2D eigenvalue weighted by molar-refractivity contribution is 0.0753. The van der Waals surface area contributed by atoms with Gasteiger partial charge in [0, 0.05) is 64.0 Å². The minimum Gasteiger partial charge on any atom is -0.380 e. The fourth-order valence-corrected chi connectivity index (χ4v) is 12.3. The summed E-state index contributed by atoms with van der Waals surface area (Å²) in [6.45, 7) is 17.9. The Morgan fingerprint density at radius 3 is 2.12 bits per heavy atom. The van der Waals surface area contributed by atoms with Crippen LogP contribution in [0.2, 0.25) is 0 Å². The third kappa shape index (κ3) is 9.88. The smallest absolute Gasteiger partial charge is 0.141 e. The molecule has 0 spiro atoms. The maximum Gasteiger partial charge on any atom is 0.141 e. The molecule has 1 atom stereocenters. The Morgan fingerprint density at radius 1 is 0.810 bits per heavy atom. The van der Waals surface area contributed by atoms with E-state index in [0.717, 1.165) is 83.0 Å². The molecule has 0 radical (unpaired) electrons. The average molecular weight is 889 g/mol. The van der Waals surface area contributed by atoms with Gasteiger partial charge in [-0.1, -0.05) is 44.2 Å². The number of hydrogen-bond donors (Lipinski definition) is 0. The number of piperidine rings is 2. The Morgan fingerprint density at radius 2 is 1.47 bits per heavy atom. The molecule has 5 aromatic rings. The van der Waals surface area contributed by atoms with Crippen molar-refractivity contribution < 1.29 is 4.74 Å². The van der Waals surface area contributed by atoms with Gasteiger partial charge in [0.15, 0.2) is 0 Å². The van der Waals surface area contributed by atoms with Crippen LogP contribution >= 0.6 is 38.6 Å². The standard InChI is InChI=1S/C24H30BrN5S.C21H32N4OS/c1-28-11-10-19(15-28)29(2)14-17-8-12-30(13-9-17)23-21-20(18-6-4-3-5-7-18)22(25)31-24(21)27-16-26-23;1-16(2)18-14-27-21-19(18)20(22-15-23-21)25-9-5-17(6-10-25)13-26-12-11-24-7-3-4-8-24/h3-7,16-17,19H,8-15H2,1-2H3;14-17H,3-13H2,1-2H3. The second-order valence-electron chi connectivity index (χ2n) is 17.3. The summed E-state index contributed by atoms with van der Waals surface area (Å²) >= 11 is 7.25. The van der Waals surface area contributed by atoms with Gasteiger partial charge in [0.25, 0.3) is 0 Å². The van der Waals surface area contributed by atoms with Crippen LogP contribution in [0.15, 0.2) is 52.2 Å². The van der Waals surface area contributed by atoms with Crippen LogP contribution in [-0.4, -0.2) is 133 Å². The second-order valence-corrected chi connectivity index (χ2v) is 20.5. The number of anilines is 2. The van der Waals surface area contributed by atoms with E-state index in [-0.39, 0.29) is 0 Å². The molecule has 0 aliphatic carbocycles. The van der Waals surface area contributed by atoms with Crippen molar-refractivity contribution in [3.63, 3.8) is 0 Å². The highest BCUT2D eigenvalue weighted by molar-refractivity contribution is 9.11.